The first-order valence-electron chi connectivity index (χ1n) is 22.7. The molecule has 370 valence electrons. The van der Waals surface area contributed by atoms with Crippen molar-refractivity contribution in [1.29, 1.82) is 0 Å². The summed E-state index contributed by atoms with van der Waals surface area (Å²) in [4.78, 5) is 115. The molecule has 3 aliphatic carbocycles. The van der Waals surface area contributed by atoms with Gasteiger partial charge in [-0.15, -0.1) is 0 Å². The summed E-state index contributed by atoms with van der Waals surface area (Å²) in [6.45, 7) is 16.9. The second-order valence-electron chi connectivity index (χ2n) is 21.1. The maximum absolute atomic E-state index is 15.1. The zero-order valence-corrected chi connectivity index (χ0v) is 40.6. The SMILES string of the molecule is CC(=O)O[C@@H](C(=O)O[C@H]1C[C@@]2(O)[C@@H](OC(=O)c3ccccc3)C3[C@](C)(C(=O)C(=O)C(C1C)C2(C)C)[C@@H](O)C[C@H]1OC[C@@]31OC(C)=O)C(c1ccccc1)N(C(=O)OC(C)(C)C)C(=O)OC(C)(C)C. The number of amides is 2. The van der Waals surface area contributed by atoms with E-state index in [1.807, 2.05) is 0 Å². The predicted octanol–water partition coefficient (Wildman–Crippen LogP) is 5.62. The largest absolute Gasteiger partial charge is 0.459 e. The van der Waals surface area contributed by atoms with Gasteiger partial charge in [0.15, 0.2) is 5.60 Å². The third-order valence-electron chi connectivity index (χ3n) is 13.9. The number of imide groups is 1. The summed E-state index contributed by atoms with van der Waals surface area (Å²) < 4.78 is 41.5. The molecule has 6 rings (SSSR count). The summed E-state index contributed by atoms with van der Waals surface area (Å²) in [6.07, 6.45) is -11.8. The van der Waals surface area contributed by atoms with Crippen LogP contribution < -0.4 is 0 Å². The number of fused-ring (bicyclic) bond motifs is 5. The number of hydrogen-bond acceptors (Lipinski definition) is 17. The van der Waals surface area contributed by atoms with Gasteiger partial charge in [0, 0.05) is 43.9 Å². The molecule has 1 aliphatic heterocycles. The molecule has 4 fully saturated rings. The van der Waals surface area contributed by atoms with E-state index in [-0.39, 0.29) is 24.2 Å². The van der Waals surface area contributed by atoms with Gasteiger partial charge in [0.25, 0.3) is 0 Å². The fraction of sp³-hybridized carbons (Fsp3) is 0.600. The highest BCUT2D eigenvalue weighted by Gasteiger charge is 2.79. The monoisotopic (exact) mass is 949 g/mol. The number of esters is 4. The Labute approximate surface area is 395 Å². The quantitative estimate of drug-likeness (QED) is 0.176. The molecule has 0 radical (unpaired) electrons. The van der Waals surface area contributed by atoms with E-state index in [1.54, 1.807) is 77.9 Å². The second kappa shape index (κ2) is 18.3. The molecule has 0 aromatic heterocycles. The molecular weight excluding hydrogens is 887 g/mol. The molecule has 0 spiro atoms. The minimum atomic E-state index is -2.49. The number of ketones is 2. The molecule has 1 heterocycles. The Morgan fingerprint density at radius 3 is 1.84 bits per heavy atom. The maximum atomic E-state index is 15.1. The number of ether oxygens (including phenoxy) is 7. The minimum absolute atomic E-state index is 0.0267. The zero-order valence-electron chi connectivity index (χ0n) is 40.6. The molecule has 68 heavy (non-hydrogen) atoms. The van der Waals surface area contributed by atoms with Crippen LogP contribution >= 0.6 is 0 Å². The van der Waals surface area contributed by atoms with Gasteiger partial charge in [0.2, 0.25) is 17.7 Å². The third-order valence-corrected chi connectivity index (χ3v) is 13.9. The highest BCUT2D eigenvalue weighted by molar-refractivity contribution is 6.40. The number of aliphatic hydroxyl groups excluding tert-OH is 1. The highest BCUT2D eigenvalue weighted by atomic mass is 16.6. The minimum Gasteiger partial charge on any atom is -0.459 e. The lowest BCUT2D eigenvalue weighted by Crippen LogP contribution is -2.82. The fourth-order valence-corrected chi connectivity index (χ4v) is 10.7. The van der Waals surface area contributed by atoms with E-state index in [2.05, 4.69) is 0 Å². The Balaban J connectivity index is 1.54. The van der Waals surface area contributed by atoms with Gasteiger partial charge in [0.05, 0.1) is 29.6 Å². The average Bonchev–Trinajstić information content (AvgIpc) is 3.22. The van der Waals surface area contributed by atoms with Crippen molar-refractivity contribution in [3.05, 3.63) is 71.8 Å². The van der Waals surface area contributed by atoms with Gasteiger partial charge in [-0.05, 0) is 66.2 Å². The first-order valence-corrected chi connectivity index (χ1v) is 22.7. The lowest BCUT2D eigenvalue weighted by Gasteiger charge is -2.67. The van der Waals surface area contributed by atoms with E-state index in [0.29, 0.717) is 4.90 Å². The van der Waals surface area contributed by atoms with Crippen molar-refractivity contribution >= 4 is 47.6 Å². The van der Waals surface area contributed by atoms with E-state index in [0.717, 1.165) is 13.8 Å². The van der Waals surface area contributed by atoms with E-state index in [1.165, 1.54) is 52.0 Å². The zero-order chi connectivity index (χ0) is 50.7. The number of aliphatic hydroxyl groups is 2. The number of Topliss-reactive ketones (excluding diaryl/α,β-unsaturated/α-hetero) is 2. The first-order chi connectivity index (χ1) is 31.4. The molecule has 4 aliphatic rings. The molecule has 12 atom stereocenters. The Bertz CT molecular complexity index is 2290. The van der Waals surface area contributed by atoms with Crippen molar-refractivity contribution in [2.24, 2.45) is 28.6 Å². The Kier molecular flexibility index (Phi) is 13.9. The van der Waals surface area contributed by atoms with Crippen LogP contribution in [-0.4, -0.2) is 122 Å². The van der Waals surface area contributed by atoms with Crippen molar-refractivity contribution in [2.45, 2.75) is 155 Å². The van der Waals surface area contributed by atoms with Crippen LogP contribution in [0.25, 0.3) is 0 Å². The molecule has 4 unspecified atom stereocenters. The summed E-state index contributed by atoms with van der Waals surface area (Å²) in [5.74, 6) is -10.7. The third kappa shape index (κ3) is 9.26. The average molecular weight is 950 g/mol. The van der Waals surface area contributed by atoms with E-state index in [9.17, 15) is 34.2 Å². The topological polar surface area (TPSA) is 245 Å². The van der Waals surface area contributed by atoms with Gasteiger partial charge < -0.3 is 43.4 Å². The molecule has 1 saturated heterocycles. The van der Waals surface area contributed by atoms with Gasteiger partial charge >= 0.3 is 36.1 Å². The highest BCUT2D eigenvalue weighted by Crippen LogP contribution is 2.64. The van der Waals surface area contributed by atoms with Crippen LogP contribution in [-0.2, 0) is 57.1 Å². The Morgan fingerprint density at radius 2 is 1.35 bits per heavy atom. The van der Waals surface area contributed by atoms with Gasteiger partial charge in [-0.25, -0.2) is 24.1 Å². The normalized spacial score (nSPS) is 31.6. The van der Waals surface area contributed by atoms with Crippen LogP contribution in [0.1, 0.15) is 118 Å². The predicted molar refractivity (Wildman–Crippen MR) is 237 cm³/mol. The molecule has 2 amide bonds. The van der Waals surface area contributed by atoms with Crippen LogP contribution in [0.5, 0.6) is 0 Å². The maximum Gasteiger partial charge on any atom is 0.420 e. The standard InChI is InChI=1S/C50H63NO17/c1-26-31(64-42(58)37(63-27(2)52)35(29-19-15-13-16-20-29)51(43(59)67-45(4,5)6)44(60)68-46(7,8)9)24-50(61)40(65-41(57)30-21-17-14-18-22-30)38-48(12,39(56)36(55)34(26)47(50,10)11)32(54)23-33-49(38,25-62-33)66-28(3)53/h13-22,26,31-35,37-38,40,54,61H,23-25H2,1-12H3/t26?,31-,32-,33+,34?,35?,37+,38?,40-,48+,49-,50+/m0/s1. The molecule has 18 heteroatoms. The van der Waals surface area contributed by atoms with Crippen LogP contribution in [0.2, 0.25) is 0 Å². The summed E-state index contributed by atoms with van der Waals surface area (Å²) in [6, 6.07) is 13.5. The van der Waals surface area contributed by atoms with E-state index < -0.39 is 142 Å². The molecule has 3 saturated carbocycles. The molecule has 2 bridgehead atoms. The second-order valence-corrected chi connectivity index (χ2v) is 21.1. The van der Waals surface area contributed by atoms with Gasteiger partial charge in [-0.3, -0.25) is 19.2 Å². The molecule has 2 N–H and O–H groups in total. The smallest absolute Gasteiger partial charge is 0.420 e. The van der Waals surface area contributed by atoms with E-state index >= 15 is 14.4 Å². The molecule has 18 nitrogen and oxygen atoms in total. The van der Waals surface area contributed by atoms with Crippen LogP contribution in [0.4, 0.5) is 9.59 Å². The van der Waals surface area contributed by atoms with Crippen molar-refractivity contribution in [3.8, 4) is 0 Å². The van der Waals surface area contributed by atoms with Crippen LogP contribution in [0, 0.1) is 28.6 Å². The number of nitrogens with zero attached hydrogens (tertiary/aromatic N) is 1. The van der Waals surface area contributed by atoms with Gasteiger partial charge in [-0.2, -0.15) is 0 Å². The summed E-state index contributed by atoms with van der Waals surface area (Å²) >= 11 is 0. The molecule has 2 aromatic rings. The first kappa shape index (κ1) is 51.7. The van der Waals surface area contributed by atoms with Crippen molar-refractivity contribution in [1.82, 2.24) is 4.90 Å². The van der Waals surface area contributed by atoms with E-state index in [4.69, 9.17) is 33.2 Å². The van der Waals surface area contributed by atoms with Crippen LogP contribution in [0.15, 0.2) is 60.7 Å². The summed E-state index contributed by atoms with van der Waals surface area (Å²) in [5.41, 5.74) is -10.5. The van der Waals surface area contributed by atoms with Crippen LogP contribution in [0.3, 0.4) is 0 Å². The van der Waals surface area contributed by atoms with Gasteiger partial charge in [-0.1, -0.05) is 69.3 Å². The number of benzene rings is 2. The molecule has 2 aromatic carbocycles. The number of rotatable bonds is 9. The lowest BCUT2D eigenvalue weighted by atomic mass is 9.42. The number of carbonyl (C=O) groups is 8. The summed E-state index contributed by atoms with van der Waals surface area (Å²) in [7, 11) is 0. The fourth-order valence-electron chi connectivity index (χ4n) is 10.7. The Morgan fingerprint density at radius 1 is 0.809 bits per heavy atom. The Hall–Kier alpha value is -5.72. The lowest BCUT2D eigenvalue weighted by molar-refractivity contribution is -0.350. The summed E-state index contributed by atoms with van der Waals surface area (Å²) in [5, 5.41) is 25.7. The number of carbonyl (C=O) groups excluding carboxylic acids is 8. The number of hydrogen-bond donors (Lipinski definition) is 2. The van der Waals surface area contributed by atoms with Crippen molar-refractivity contribution in [3.63, 3.8) is 0 Å². The van der Waals surface area contributed by atoms with Crippen molar-refractivity contribution in [2.75, 3.05) is 6.61 Å². The molecular formula is C50H63NO17. The van der Waals surface area contributed by atoms with Crippen molar-refractivity contribution < 1.29 is 81.7 Å². The van der Waals surface area contributed by atoms with Gasteiger partial charge in [0.1, 0.15) is 41.2 Å².